The summed E-state index contributed by atoms with van der Waals surface area (Å²) in [4.78, 5) is 16.3. The van der Waals surface area contributed by atoms with Crippen molar-refractivity contribution in [3.63, 3.8) is 0 Å². The predicted octanol–water partition coefficient (Wildman–Crippen LogP) is 2.77. The molecule has 1 N–H and O–H groups in total. The molecule has 138 valence electrons. The summed E-state index contributed by atoms with van der Waals surface area (Å²) in [6, 6.07) is 4.73. The fourth-order valence-corrected chi connectivity index (χ4v) is 2.43. The van der Waals surface area contributed by atoms with Crippen LogP contribution in [-0.4, -0.2) is 40.3 Å². The molecule has 0 saturated heterocycles. The summed E-state index contributed by atoms with van der Waals surface area (Å²) in [6.07, 6.45) is -3.35. The Morgan fingerprint density at radius 1 is 1.42 bits per heavy atom. The van der Waals surface area contributed by atoms with Crippen LogP contribution in [0, 0.1) is 0 Å². The summed E-state index contributed by atoms with van der Waals surface area (Å²) in [7, 11) is 1.48. The molecule has 0 spiro atoms. The molecule has 0 aromatic carbocycles. The molecule has 3 rings (SSSR count). The van der Waals surface area contributed by atoms with Gasteiger partial charge >= 0.3 is 6.18 Å². The zero-order valence-corrected chi connectivity index (χ0v) is 13.9. The van der Waals surface area contributed by atoms with Gasteiger partial charge in [-0.3, -0.25) is 4.79 Å². The maximum atomic E-state index is 13.4. The lowest BCUT2D eigenvalue weighted by molar-refractivity contribution is -0.142. The van der Waals surface area contributed by atoms with E-state index in [9.17, 15) is 18.0 Å². The first-order valence-corrected chi connectivity index (χ1v) is 7.61. The van der Waals surface area contributed by atoms with Gasteiger partial charge in [-0.2, -0.15) is 18.3 Å². The number of hydrogen-bond acceptors (Lipinski definition) is 5. The molecular formula is C16H15F3N4O3. The third-order valence-corrected chi connectivity index (χ3v) is 3.52. The number of carbonyl (C=O) groups excluding carboxylic acids is 1. The van der Waals surface area contributed by atoms with Gasteiger partial charge in [-0.25, -0.2) is 9.50 Å². The lowest BCUT2D eigenvalue weighted by Crippen LogP contribution is -2.35. The first-order valence-electron chi connectivity index (χ1n) is 7.61. The molecule has 0 unspecified atom stereocenters. The van der Waals surface area contributed by atoms with Crippen molar-refractivity contribution >= 4 is 11.6 Å². The minimum Gasteiger partial charge on any atom is -0.463 e. The van der Waals surface area contributed by atoms with Crippen LogP contribution in [0.5, 0.6) is 0 Å². The number of aromatic nitrogens is 3. The number of nitrogens with one attached hydrogen (secondary N) is 1. The van der Waals surface area contributed by atoms with Crippen LogP contribution in [0.25, 0.3) is 17.1 Å². The molecule has 0 bridgehead atoms. The van der Waals surface area contributed by atoms with Crippen LogP contribution < -0.4 is 5.32 Å². The van der Waals surface area contributed by atoms with E-state index in [1.165, 1.54) is 25.5 Å². The standard InChI is InChI=1S/C16H15F3N4O3/c1-9(8-25-2)20-15(24)11-7-14-21-10(12-4-3-5-26-12)6-13(16(17,18)19)23(14)22-11/h3-7,9H,8H2,1-2H3,(H,20,24)/t9-/m0/s1. The van der Waals surface area contributed by atoms with Crippen molar-refractivity contribution in [3.8, 4) is 11.5 Å². The van der Waals surface area contributed by atoms with Gasteiger partial charge in [-0.05, 0) is 25.1 Å². The van der Waals surface area contributed by atoms with Crippen molar-refractivity contribution in [3.05, 3.63) is 41.9 Å². The number of rotatable bonds is 5. The van der Waals surface area contributed by atoms with E-state index in [1.54, 1.807) is 13.0 Å². The number of furan rings is 1. The fourth-order valence-electron chi connectivity index (χ4n) is 2.43. The van der Waals surface area contributed by atoms with Gasteiger partial charge in [0.2, 0.25) is 0 Å². The molecule has 3 aromatic rings. The summed E-state index contributed by atoms with van der Waals surface area (Å²) in [5.74, 6) is -0.438. The molecule has 10 heteroatoms. The van der Waals surface area contributed by atoms with Crippen molar-refractivity contribution in [1.82, 2.24) is 19.9 Å². The van der Waals surface area contributed by atoms with E-state index in [-0.39, 0.29) is 35.4 Å². The van der Waals surface area contributed by atoms with Crippen LogP contribution in [-0.2, 0) is 10.9 Å². The monoisotopic (exact) mass is 368 g/mol. The van der Waals surface area contributed by atoms with Crippen molar-refractivity contribution in [2.24, 2.45) is 0 Å². The predicted molar refractivity (Wildman–Crippen MR) is 84.5 cm³/mol. The van der Waals surface area contributed by atoms with Crippen molar-refractivity contribution < 1.29 is 27.1 Å². The highest BCUT2D eigenvalue weighted by molar-refractivity contribution is 5.93. The molecule has 0 aliphatic rings. The second-order valence-electron chi connectivity index (χ2n) is 5.63. The van der Waals surface area contributed by atoms with Gasteiger partial charge < -0.3 is 14.5 Å². The second-order valence-corrected chi connectivity index (χ2v) is 5.63. The fraction of sp³-hybridized carbons (Fsp3) is 0.312. The van der Waals surface area contributed by atoms with Crippen LogP contribution in [0.1, 0.15) is 23.1 Å². The van der Waals surface area contributed by atoms with Gasteiger partial charge in [-0.1, -0.05) is 0 Å². The van der Waals surface area contributed by atoms with Gasteiger partial charge in [0.1, 0.15) is 5.69 Å². The van der Waals surface area contributed by atoms with Crippen molar-refractivity contribution in [2.45, 2.75) is 19.1 Å². The first kappa shape index (κ1) is 17.9. The van der Waals surface area contributed by atoms with Crippen molar-refractivity contribution in [2.75, 3.05) is 13.7 Å². The molecular weight excluding hydrogens is 353 g/mol. The second kappa shape index (κ2) is 6.79. The van der Waals surface area contributed by atoms with Crippen LogP contribution >= 0.6 is 0 Å². The molecule has 1 atom stereocenters. The first-order chi connectivity index (χ1) is 12.3. The molecule has 3 heterocycles. The molecule has 26 heavy (non-hydrogen) atoms. The Morgan fingerprint density at radius 3 is 2.81 bits per heavy atom. The summed E-state index contributed by atoms with van der Waals surface area (Å²) in [5.41, 5.74) is -1.36. The molecule has 1 amide bonds. The van der Waals surface area contributed by atoms with Gasteiger partial charge in [0.25, 0.3) is 5.91 Å². The van der Waals surface area contributed by atoms with E-state index in [0.29, 0.717) is 4.52 Å². The number of hydrogen-bond donors (Lipinski definition) is 1. The lowest BCUT2D eigenvalue weighted by Gasteiger charge is -2.11. The third kappa shape index (κ3) is 3.54. The highest BCUT2D eigenvalue weighted by atomic mass is 19.4. The number of alkyl halides is 3. The number of nitrogens with zero attached hydrogens (tertiary/aromatic N) is 3. The quantitative estimate of drug-likeness (QED) is 0.749. The van der Waals surface area contributed by atoms with E-state index in [4.69, 9.17) is 9.15 Å². The average Bonchev–Trinajstić information content (AvgIpc) is 3.22. The Labute approximate surface area is 145 Å². The molecule has 0 radical (unpaired) electrons. The number of amides is 1. The normalized spacial score (nSPS) is 13.1. The minimum absolute atomic E-state index is 0.00515. The maximum Gasteiger partial charge on any atom is 0.433 e. The summed E-state index contributed by atoms with van der Waals surface area (Å²) in [5, 5.41) is 6.36. The maximum absolute atomic E-state index is 13.4. The zero-order chi connectivity index (χ0) is 18.9. The van der Waals surface area contributed by atoms with Gasteiger partial charge in [-0.15, -0.1) is 0 Å². The van der Waals surface area contributed by atoms with E-state index in [0.717, 1.165) is 6.07 Å². The van der Waals surface area contributed by atoms with Crippen LogP contribution in [0.4, 0.5) is 13.2 Å². The number of ether oxygens (including phenoxy) is 1. The largest absolute Gasteiger partial charge is 0.463 e. The molecule has 3 aromatic heterocycles. The molecule has 0 aliphatic carbocycles. The van der Waals surface area contributed by atoms with E-state index in [2.05, 4.69) is 15.4 Å². The molecule has 0 aliphatic heterocycles. The number of fused-ring (bicyclic) bond motifs is 1. The Morgan fingerprint density at radius 2 is 2.19 bits per heavy atom. The zero-order valence-electron chi connectivity index (χ0n) is 13.9. The lowest BCUT2D eigenvalue weighted by atomic mass is 10.2. The number of carbonyl (C=O) groups is 1. The highest BCUT2D eigenvalue weighted by Gasteiger charge is 2.36. The van der Waals surface area contributed by atoms with E-state index < -0.39 is 17.8 Å². The van der Waals surface area contributed by atoms with Crippen molar-refractivity contribution in [1.29, 1.82) is 0 Å². The average molecular weight is 368 g/mol. The summed E-state index contributed by atoms with van der Waals surface area (Å²) >= 11 is 0. The Balaban J connectivity index is 2.06. The summed E-state index contributed by atoms with van der Waals surface area (Å²) in [6.45, 7) is 1.96. The smallest absolute Gasteiger partial charge is 0.433 e. The van der Waals surface area contributed by atoms with E-state index in [1.807, 2.05) is 0 Å². The SMILES string of the molecule is COC[C@H](C)NC(=O)c1cc2nc(-c3ccco3)cc(C(F)(F)F)n2n1. The Hall–Kier alpha value is -2.88. The topological polar surface area (TPSA) is 81.7 Å². The molecule has 0 saturated carbocycles. The van der Waals surface area contributed by atoms with Gasteiger partial charge in [0.05, 0.1) is 12.9 Å². The van der Waals surface area contributed by atoms with Crippen LogP contribution in [0.3, 0.4) is 0 Å². The van der Waals surface area contributed by atoms with E-state index >= 15 is 0 Å². The molecule has 7 nitrogen and oxygen atoms in total. The van der Waals surface area contributed by atoms with Crippen LogP contribution in [0.15, 0.2) is 34.9 Å². The Kier molecular flexibility index (Phi) is 4.68. The number of halogens is 3. The Bertz CT molecular complexity index is 919. The summed E-state index contributed by atoms with van der Waals surface area (Å²) < 4.78 is 50.9. The van der Waals surface area contributed by atoms with Gasteiger partial charge in [0.15, 0.2) is 22.8 Å². The van der Waals surface area contributed by atoms with Gasteiger partial charge in [0, 0.05) is 19.2 Å². The number of methoxy groups -OCH3 is 1. The highest BCUT2D eigenvalue weighted by Crippen LogP contribution is 2.32. The van der Waals surface area contributed by atoms with Crippen LogP contribution in [0.2, 0.25) is 0 Å². The minimum atomic E-state index is -4.69. The molecule has 0 fully saturated rings. The third-order valence-electron chi connectivity index (χ3n) is 3.52.